The predicted octanol–water partition coefficient (Wildman–Crippen LogP) is 4.31. The third-order valence-electron chi connectivity index (χ3n) is 7.62. The zero-order chi connectivity index (χ0) is 23.4. The van der Waals surface area contributed by atoms with E-state index in [1.807, 2.05) is 54.6 Å². The molecular weight excluding hydrogens is 420 g/mol. The van der Waals surface area contributed by atoms with Crippen molar-refractivity contribution >= 4 is 11.6 Å². The van der Waals surface area contributed by atoms with Gasteiger partial charge >= 0.3 is 0 Å². The molecule has 2 saturated heterocycles. The van der Waals surface area contributed by atoms with E-state index in [0.29, 0.717) is 13.1 Å². The van der Waals surface area contributed by atoms with Gasteiger partial charge in [-0.1, -0.05) is 78.9 Å². The van der Waals surface area contributed by atoms with E-state index in [2.05, 4.69) is 57.6 Å². The number of nitrogens with one attached hydrogen (secondary N) is 1. The molecular formula is C29H30N4O. The van der Waals surface area contributed by atoms with Crippen molar-refractivity contribution in [3.63, 3.8) is 0 Å². The highest BCUT2D eigenvalue weighted by atomic mass is 16.2. The van der Waals surface area contributed by atoms with Gasteiger partial charge in [0.2, 0.25) is 5.91 Å². The van der Waals surface area contributed by atoms with Gasteiger partial charge in [-0.3, -0.25) is 4.79 Å². The molecule has 1 N–H and O–H groups in total. The highest BCUT2D eigenvalue weighted by Crippen LogP contribution is 2.38. The number of benzene rings is 3. The molecule has 5 heteroatoms. The first kappa shape index (κ1) is 22.2. The average molecular weight is 451 g/mol. The van der Waals surface area contributed by atoms with E-state index in [-0.39, 0.29) is 5.91 Å². The zero-order valence-corrected chi connectivity index (χ0v) is 19.4. The first-order chi connectivity index (χ1) is 16.7. The van der Waals surface area contributed by atoms with Gasteiger partial charge in [0.15, 0.2) is 0 Å². The van der Waals surface area contributed by atoms with E-state index >= 15 is 0 Å². The Morgan fingerprint density at radius 1 is 0.853 bits per heavy atom. The Morgan fingerprint density at radius 3 is 1.91 bits per heavy atom. The number of amides is 1. The van der Waals surface area contributed by atoms with Gasteiger partial charge in [-0.05, 0) is 42.5 Å². The second-order valence-corrected chi connectivity index (χ2v) is 9.30. The molecule has 1 spiro atoms. The second-order valence-electron chi connectivity index (χ2n) is 9.30. The van der Waals surface area contributed by atoms with Gasteiger partial charge in [-0.25, -0.2) is 0 Å². The number of rotatable bonds is 6. The van der Waals surface area contributed by atoms with Crippen LogP contribution in [0.5, 0.6) is 0 Å². The van der Waals surface area contributed by atoms with Crippen molar-refractivity contribution in [1.82, 2.24) is 10.2 Å². The van der Waals surface area contributed by atoms with Gasteiger partial charge in [0.1, 0.15) is 11.0 Å². The molecule has 2 heterocycles. The molecule has 0 radical (unpaired) electrons. The fourth-order valence-electron chi connectivity index (χ4n) is 5.59. The van der Waals surface area contributed by atoms with Crippen molar-refractivity contribution in [2.75, 3.05) is 31.2 Å². The summed E-state index contributed by atoms with van der Waals surface area (Å²) in [5.41, 5.74) is 1.97. The SMILES string of the molecule is N#CC(CCN1CCC2(CC1)C(=O)NCN2c1ccccc1)(c1ccccc1)c1ccccc1. The van der Waals surface area contributed by atoms with Crippen LogP contribution in [0.4, 0.5) is 5.69 Å². The summed E-state index contributed by atoms with van der Waals surface area (Å²) >= 11 is 0. The van der Waals surface area contributed by atoms with Crippen molar-refractivity contribution in [3.05, 3.63) is 102 Å². The predicted molar refractivity (Wildman–Crippen MR) is 134 cm³/mol. The Balaban J connectivity index is 1.33. The van der Waals surface area contributed by atoms with Crippen molar-refractivity contribution in [1.29, 1.82) is 5.26 Å². The third-order valence-corrected chi connectivity index (χ3v) is 7.62. The second kappa shape index (κ2) is 9.32. The van der Waals surface area contributed by atoms with Crippen LogP contribution in [0, 0.1) is 11.3 Å². The van der Waals surface area contributed by atoms with Crippen LogP contribution in [0.3, 0.4) is 0 Å². The van der Waals surface area contributed by atoms with E-state index in [1.165, 1.54) is 0 Å². The summed E-state index contributed by atoms with van der Waals surface area (Å²) in [6, 6.07) is 33.1. The minimum absolute atomic E-state index is 0.135. The van der Waals surface area contributed by atoms with Crippen molar-refractivity contribution in [3.8, 4) is 6.07 Å². The molecule has 2 aliphatic rings. The number of hydrogen-bond acceptors (Lipinski definition) is 4. The number of piperidine rings is 1. The molecule has 1 amide bonds. The van der Waals surface area contributed by atoms with Crippen LogP contribution in [0.2, 0.25) is 0 Å². The Labute approximate surface area is 201 Å². The van der Waals surface area contributed by atoms with Gasteiger partial charge < -0.3 is 15.1 Å². The van der Waals surface area contributed by atoms with Gasteiger partial charge in [-0.2, -0.15) is 5.26 Å². The summed E-state index contributed by atoms with van der Waals surface area (Å²) in [6.45, 7) is 3.03. The van der Waals surface area contributed by atoms with Gasteiger partial charge in [0.05, 0.1) is 12.7 Å². The molecule has 0 unspecified atom stereocenters. The maximum atomic E-state index is 13.0. The van der Waals surface area contributed by atoms with Gasteiger partial charge in [0.25, 0.3) is 0 Å². The van der Waals surface area contributed by atoms with Crippen LogP contribution >= 0.6 is 0 Å². The Morgan fingerprint density at radius 2 is 1.38 bits per heavy atom. The standard InChI is InChI=1S/C29H30N4O/c30-22-28(24-10-4-1-5-11-24,25-12-6-2-7-13-25)16-19-32-20-17-29(18-21-32)27(34)31-23-33(29)26-14-8-3-9-15-26/h1-15H,16-21,23H2,(H,31,34). The molecule has 0 aromatic heterocycles. The smallest absolute Gasteiger partial charge is 0.247 e. The minimum Gasteiger partial charge on any atom is -0.339 e. The molecule has 0 saturated carbocycles. The van der Waals surface area contributed by atoms with Crippen LogP contribution in [0.15, 0.2) is 91.0 Å². The lowest BCUT2D eigenvalue weighted by molar-refractivity contribution is -0.125. The summed E-state index contributed by atoms with van der Waals surface area (Å²) in [6.07, 6.45) is 2.27. The lowest BCUT2D eigenvalue weighted by atomic mass is 9.73. The number of anilines is 1. The number of hydrogen-bond donors (Lipinski definition) is 1. The first-order valence-corrected chi connectivity index (χ1v) is 12.0. The number of nitriles is 1. The molecule has 0 bridgehead atoms. The normalized spacial score (nSPS) is 18.0. The van der Waals surface area contributed by atoms with E-state index < -0.39 is 11.0 Å². The summed E-state index contributed by atoms with van der Waals surface area (Å²) in [5.74, 6) is 0.135. The fourth-order valence-corrected chi connectivity index (χ4v) is 5.59. The molecule has 5 nitrogen and oxygen atoms in total. The maximum Gasteiger partial charge on any atom is 0.247 e. The van der Waals surface area contributed by atoms with Crippen molar-refractivity contribution in [2.45, 2.75) is 30.2 Å². The molecule has 0 aliphatic carbocycles. The van der Waals surface area contributed by atoms with E-state index in [1.54, 1.807) is 0 Å². The van der Waals surface area contributed by atoms with E-state index in [9.17, 15) is 10.1 Å². The van der Waals surface area contributed by atoms with Crippen LogP contribution in [-0.2, 0) is 10.2 Å². The number of para-hydroxylation sites is 1. The topological polar surface area (TPSA) is 59.4 Å². The summed E-state index contributed by atoms with van der Waals surface area (Å²) < 4.78 is 0. The summed E-state index contributed by atoms with van der Waals surface area (Å²) in [7, 11) is 0. The molecule has 5 rings (SSSR count). The van der Waals surface area contributed by atoms with Crippen LogP contribution in [0.1, 0.15) is 30.4 Å². The number of nitrogens with zero attached hydrogens (tertiary/aromatic N) is 3. The molecule has 3 aromatic rings. The summed E-state index contributed by atoms with van der Waals surface area (Å²) in [5, 5.41) is 13.5. The van der Waals surface area contributed by atoms with Gasteiger partial charge in [-0.15, -0.1) is 0 Å². The van der Waals surface area contributed by atoms with Crippen LogP contribution in [-0.4, -0.2) is 42.6 Å². The fraction of sp³-hybridized carbons (Fsp3) is 0.310. The molecule has 172 valence electrons. The monoisotopic (exact) mass is 450 g/mol. The third kappa shape index (κ3) is 3.85. The summed E-state index contributed by atoms with van der Waals surface area (Å²) in [4.78, 5) is 17.6. The van der Waals surface area contributed by atoms with Crippen LogP contribution < -0.4 is 10.2 Å². The highest BCUT2D eigenvalue weighted by molar-refractivity contribution is 5.93. The zero-order valence-electron chi connectivity index (χ0n) is 19.4. The number of carbonyl (C=O) groups excluding carboxylic acids is 1. The van der Waals surface area contributed by atoms with E-state index in [4.69, 9.17) is 0 Å². The van der Waals surface area contributed by atoms with Crippen molar-refractivity contribution in [2.24, 2.45) is 0 Å². The van der Waals surface area contributed by atoms with Crippen molar-refractivity contribution < 1.29 is 4.79 Å². The number of likely N-dealkylation sites (tertiary alicyclic amines) is 1. The van der Waals surface area contributed by atoms with Gasteiger partial charge in [0, 0.05) is 25.3 Å². The molecule has 3 aromatic carbocycles. The Kier molecular flexibility index (Phi) is 6.08. The number of carbonyl (C=O) groups is 1. The van der Waals surface area contributed by atoms with Crippen LogP contribution in [0.25, 0.3) is 0 Å². The average Bonchev–Trinajstić information content (AvgIpc) is 3.22. The van der Waals surface area contributed by atoms with E-state index in [0.717, 1.165) is 49.3 Å². The highest BCUT2D eigenvalue weighted by Gasteiger charge is 2.50. The Bertz CT molecular complexity index is 1110. The minimum atomic E-state index is -0.696. The first-order valence-electron chi connectivity index (χ1n) is 12.0. The molecule has 0 atom stereocenters. The quantitative estimate of drug-likeness (QED) is 0.608. The molecule has 2 fully saturated rings. The Hall–Kier alpha value is -3.62. The molecule has 34 heavy (non-hydrogen) atoms. The maximum absolute atomic E-state index is 13.0. The lowest BCUT2D eigenvalue weighted by Gasteiger charge is -2.44. The largest absolute Gasteiger partial charge is 0.339 e. The lowest BCUT2D eigenvalue weighted by Crippen LogP contribution is -2.56. The molecule has 2 aliphatic heterocycles.